The number of nitrogens with zero attached hydrogens (tertiary/aromatic N) is 1. The fourth-order valence-electron chi connectivity index (χ4n) is 2.16. The minimum absolute atomic E-state index is 0.0592. The smallest absolute Gasteiger partial charge is 0.328 e. The second-order valence-corrected chi connectivity index (χ2v) is 5.90. The summed E-state index contributed by atoms with van der Waals surface area (Å²) in [4.78, 5) is 28.4. The van der Waals surface area contributed by atoms with E-state index in [9.17, 15) is 9.59 Å². The van der Waals surface area contributed by atoms with E-state index in [1.807, 2.05) is 6.92 Å². The van der Waals surface area contributed by atoms with Crippen LogP contribution in [0.2, 0.25) is 5.02 Å². The average molecular weight is 366 g/mol. The molecule has 0 spiro atoms. The Morgan fingerprint density at radius 1 is 1.36 bits per heavy atom. The largest absolute Gasteiger partial charge is 0.467 e. The first-order valence-electron chi connectivity index (χ1n) is 7.78. The van der Waals surface area contributed by atoms with Gasteiger partial charge >= 0.3 is 5.97 Å². The number of ether oxygens (including phenoxy) is 1. The molecule has 1 aromatic carbocycles. The lowest BCUT2D eigenvalue weighted by Gasteiger charge is -2.16. The predicted molar refractivity (Wildman–Crippen MR) is 92.1 cm³/mol. The summed E-state index contributed by atoms with van der Waals surface area (Å²) in [6.07, 6.45) is 2.11. The molecule has 1 aromatic heterocycles. The van der Waals surface area contributed by atoms with Gasteiger partial charge in [0.1, 0.15) is 12.3 Å². The van der Waals surface area contributed by atoms with Gasteiger partial charge in [0.05, 0.1) is 13.2 Å². The monoisotopic (exact) mass is 365 g/mol. The summed E-state index contributed by atoms with van der Waals surface area (Å²) in [5.41, 5.74) is 6.71. The molecule has 2 aromatic rings. The van der Waals surface area contributed by atoms with Crippen LogP contribution in [0.1, 0.15) is 41.3 Å². The van der Waals surface area contributed by atoms with Gasteiger partial charge in [-0.1, -0.05) is 30.7 Å². The maximum atomic E-state index is 12.3. The molecule has 0 bridgehead atoms. The van der Waals surface area contributed by atoms with Crippen molar-refractivity contribution < 1.29 is 18.7 Å². The van der Waals surface area contributed by atoms with Crippen molar-refractivity contribution in [3.63, 3.8) is 0 Å². The summed E-state index contributed by atoms with van der Waals surface area (Å²) >= 11 is 5.85. The first-order chi connectivity index (χ1) is 11.9. The first kappa shape index (κ1) is 19.0. The molecule has 0 fully saturated rings. The van der Waals surface area contributed by atoms with Crippen LogP contribution in [0.25, 0.3) is 0 Å². The number of oxazole rings is 1. The molecule has 1 amide bonds. The van der Waals surface area contributed by atoms with Gasteiger partial charge in [-0.3, -0.25) is 4.79 Å². The number of aromatic nitrogens is 1. The second-order valence-electron chi connectivity index (χ2n) is 5.47. The molecule has 25 heavy (non-hydrogen) atoms. The van der Waals surface area contributed by atoms with Gasteiger partial charge in [-0.05, 0) is 24.1 Å². The van der Waals surface area contributed by atoms with Gasteiger partial charge in [0.15, 0.2) is 5.69 Å². The number of benzene rings is 1. The molecule has 2 rings (SSSR count). The third-order valence-corrected chi connectivity index (χ3v) is 3.91. The number of carbonyl (C=O) groups excluding carboxylic acids is 2. The van der Waals surface area contributed by atoms with E-state index in [4.69, 9.17) is 26.5 Å². The SMILES string of the molecule is CCC(N)c1nc(C(=O)NC(Cc2ccc(Cl)cc2)C(=O)OC)co1. The number of methoxy groups -OCH3 is 1. The van der Waals surface area contributed by atoms with Crippen molar-refractivity contribution in [1.29, 1.82) is 0 Å². The Hall–Kier alpha value is -2.38. The van der Waals surface area contributed by atoms with Gasteiger partial charge in [0.2, 0.25) is 5.89 Å². The van der Waals surface area contributed by atoms with Gasteiger partial charge in [0, 0.05) is 11.4 Å². The topological polar surface area (TPSA) is 107 Å². The van der Waals surface area contributed by atoms with Crippen molar-refractivity contribution in [3.05, 3.63) is 52.7 Å². The molecular weight excluding hydrogens is 346 g/mol. The van der Waals surface area contributed by atoms with Crippen LogP contribution in [0.5, 0.6) is 0 Å². The molecule has 8 heteroatoms. The summed E-state index contributed by atoms with van der Waals surface area (Å²) < 4.78 is 9.97. The Kier molecular flexibility index (Phi) is 6.55. The minimum Gasteiger partial charge on any atom is -0.467 e. The highest BCUT2D eigenvalue weighted by molar-refractivity contribution is 6.30. The number of nitrogens with two attached hydrogens (primary N) is 1. The standard InChI is InChI=1S/C17H20ClN3O4/c1-3-12(19)16-21-14(9-25-16)15(22)20-13(17(23)24-2)8-10-4-6-11(18)7-5-10/h4-7,9,12-13H,3,8,19H2,1-2H3,(H,20,22). The van der Waals surface area contributed by atoms with Crippen LogP contribution in [0, 0.1) is 0 Å². The molecule has 134 valence electrons. The Morgan fingerprint density at radius 3 is 2.64 bits per heavy atom. The van der Waals surface area contributed by atoms with Gasteiger partial charge in [-0.2, -0.15) is 0 Å². The maximum absolute atomic E-state index is 12.3. The van der Waals surface area contributed by atoms with E-state index >= 15 is 0 Å². The highest BCUT2D eigenvalue weighted by Crippen LogP contribution is 2.14. The Labute approximate surface area is 150 Å². The Balaban J connectivity index is 2.10. The fourth-order valence-corrected chi connectivity index (χ4v) is 2.29. The maximum Gasteiger partial charge on any atom is 0.328 e. The van der Waals surface area contributed by atoms with Gasteiger partial charge < -0.3 is 20.2 Å². The molecule has 2 atom stereocenters. The van der Waals surface area contributed by atoms with Gasteiger partial charge in [-0.25, -0.2) is 9.78 Å². The van der Waals surface area contributed by atoms with Crippen molar-refractivity contribution in [2.24, 2.45) is 5.73 Å². The summed E-state index contributed by atoms with van der Waals surface area (Å²) in [7, 11) is 1.26. The van der Waals surface area contributed by atoms with Crippen molar-refractivity contribution in [2.45, 2.75) is 31.8 Å². The molecule has 3 N–H and O–H groups in total. The molecule has 0 saturated heterocycles. The Morgan fingerprint density at radius 2 is 2.04 bits per heavy atom. The zero-order valence-electron chi connectivity index (χ0n) is 14.0. The van der Waals surface area contributed by atoms with Crippen molar-refractivity contribution in [3.8, 4) is 0 Å². The normalized spacial score (nSPS) is 13.1. The predicted octanol–water partition coefficient (Wildman–Crippen LogP) is 2.25. The molecule has 0 radical (unpaired) electrons. The summed E-state index contributed by atoms with van der Waals surface area (Å²) in [5.74, 6) is -0.820. The lowest BCUT2D eigenvalue weighted by Crippen LogP contribution is -2.43. The number of nitrogens with one attached hydrogen (secondary N) is 1. The quantitative estimate of drug-likeness (QED) is 0.728. The third kappa shape index (κ3) is 5.04. The molecule has 2 unspecified atom stereocenters. The number of rotatable bonds is 7. The van der Waals surface area contributed by atoms with E-state index < -0.39 is 17.9 Å². The van der Waals surface area contributed by atoms with Crippen LogP contribution in [-0.2, 0) is 16.0 Å². The minimum atomic E-state index is -0.862. The average Bonchev–Trinajstić information content (AvgIpc) is 3.11. The number of halogens is 1. The molecule has 0 aliphatic rings. The highest BCUT2D eigenvalue weighted by Gasteiger charge is 2.24. The number of carbonyl (C=O) groups is 2. The number of esters is 1. The van der Waals surface area contributed by atoms with Crippen molar-refractivity contribution in [2.75, 3.05) is 7.11 Å². The van der Waals surface area contributed by atoms with Crippen molar-refractivity contribution >= 4 is 23.5 Å². The van der Waals surface area contributed by atoms with E-state index in [-0.39, 0.29) is 24.0 Å². The fraction of sp³-hybridized carbons (Fsp3) is 0.353. The lowest BCUT2D eigenvalue weighted by molar-refractivity contribution is -0.142. The van der Waals surface area contributed by atoms with Crippen LogP contribution in [0.4, 0.5) is 0 Å². The molecule has 0 saturated carbocycles. The first-order valence-corrected chi connectivity index (χ1v) is 8.16. The number of amides is 1. The van der Waals surface area contributed by atoms with Crippen LogP contribution >= 0.6 is 11.6 Å². The van der Waals surface area contributed by atoms with Crippen molar-refractivity contribution in [1.82, 2.24) is 10.3 Å². The molecule has 1 heterocycles. The van der Waals surface area contributed by atoms with Crippen LogP contribution < -0.4 is 11.1 Å². The Bertz CT molecular complexity index is 730. The van der Waals surface area contributed by atoms with Crippen LogP contribution in [0.15, 0.2) is 34.9 Å². The molecule has 0 aliphatic carbocycles. The zero-order valence-corrected chi connectivity index (χ0v) is 14.7. The molecule has 0 aliphatic heterocycles. The zero-order chi connectivity index (χ0) is 18.4. The van der Waals surface area contributed by atoms with Gasteiger partial charge in [0.25, 0.3) is 5.91 Å². The van der Waals surface area contributed by atoms with E-state index in [0.29, 0.717) is 11.4 Å². The highest BCUT2D eigenvalue weighted by atomic mass is 35.5. The summed E-state index contributed by atoms with van der Waals surface area (Å²) in [5, 5.41) is 3.20. The van der Waals surface area contributed by atoms with Crippen LogP contribution in [0.3, 0.4) is 0 Å². The number of hydrogen-bond acceptors (Lipinski definition) is 6. The second kappa shape index (κ2) is 8.64. The lowest BCUT2D eigenvalue weighted by atomic mass is 10.1. The summed E-state index contributed by atoms with van der Waals surface area (Å²) in [6, 6.07) is 5.73. The summed E-state index contributed by atoms with van der Waals surface area (Å²) in [6.45, 7) is 1.88. The van der Waals surface area contributed by atoms with E-state index in [1.165, 1.54) is 13.4 Å². The van der Waals surface area contributed by atoms with E-state index in [1.54, 1.807) is 24.3 Å². The van der Waals surface area contributed by atoms with E-state index in [0.717, 1.165) is 5.56 Å². The number of hydrogen-bond donors (Lipinski definition) is 2. The van der Waals surface area contributed by atoms with Gasteiger partial charge in [-0.15, -0.1) is 0 Å². The van der Waals surface area contributed by atoms with Crippen LogP contribution in [-0.4, -0.2) is 30.0 Å². The third-order valence-electron chi connectivity index (χ3n) is 3.66. The van der Waals surface area contributed by atoms with E-state index in [2.05, 4.69) is 10.3 Å². The molecule has 7 nitrogen and oxygen atoms in total. The molecular formula is C17H20ClN3O4.